The monoisotopic (exact) mass is 367 g/mol. The lowest BCUT2D eigenvalue weighted by atomic mass is 10.1. The van der Waals surface area contributed by atoms with Crippen LogP contribution in [0.2, 0.25) is 0 Å². The van der Waals surface area contributed by atoms with Crippen molar-refractivity contribution in [1.82, 2.24) is 4.90 Å². The van der Waals surface area contributed by atoms with Gasteiger partial charge in [-0.1, -0.05) is 6.92 Å². The van der Waals surface area contributed by atoms with Crippen LogP contribution >= 0.6 is 0 Å². The third kappa shape index (κ3) is 7.31. The molecule has 146 valence electrons. The number of methoxy groups -OCH3 is 2. The first-order valence-corrected chi connectivity index (χ1v) is 8.79. The molecule has 1 unspecified atom stereocenters. The summed E-state index contributed by atoms with van der Waals surface area (Å²) in [4.78, 5) is 25.4. The van der Waals surface area contributed by atoms with Crippen molar-refractivity contribution in [3.63, 3.8) is 0 Å². The Bertz CT molecular complexity index is 541. The highest BCUT2D eigenvalue weighted by Crippen LogP contribution is 2.17. The van der Waals surface area contributed by atoms with Gasteiger partial charge in [0.1, 0.15) is 11.5 Å². The van der Waals surface area contributed by atoms with Crippen LogP contribution in [-0.2, 0) is 14.3 Å². The maximum absolute atomic E-state index is 12.5. The zero-order valence-corrected chi connectivity index (χ0v) is 15.8. The van der Waals surface area contributed by atoms with E-state index in [0.29, 0.717) is 25.2 Å². The zero-order valence-electron chi connectivity index (χ0n) is 15.8. The highest BCUT2D eigenvalue weighted by molar-refractivity contribution is 5.77. The van der Waals surface area contributed by atoms with E-state index in [4.69, 9.17) is 9.47 Å². The van der Waals surface area contributed by atoms with E-state index >= 15 is 0 Å². The van der Waals surface area contributed by atoms with Crippen LogP contribution in [-0.4, -0.2) is 61.9 Å². The number of hydrogen-bond donors (Lipinski definition) is 1. The molecule has 0 heterocycles. The van der Waals surface area contributed by atoms with Gasteiger partial charge in [0.15, 0.2) is 0 Å². The van der Waals surface area contributed by atoms with Gasteiger partial charge in [0, 0.05) is 13.0 Å². The molecule has 0 saturated carbocycles. The van der Waals surface area contributed by atoms with Crippen LogP contribution in [0.15, 0.2) is 24.3 Å². The second kappa shape index (κ2) is 12.1. The molecule has 1 amide bonds. The number of hydrogen-bond acceptors (Lipinski definition) is 6. The van der Waals surface area contributed by atoms with Gasteiger partial charge in [-0.25, -0.2) is 0 Å². The van der Waals surface area contributed by atoms with E-state index in [0.717, 1.165) is 5.75 Å². The molecule has 0 aliphatic carbocycles. The van der Waals surface area contributed by atoms with E-state index in [9.17, 15) is 14.7 Å². The van der Waals surface area contributed by atoms with Gasteiger partial charge in [-0.2, -0.15) is 0 Å². The summed E-state index contributed by atoms with van der Waals surface area (Å²) in [5.41, 5.74) is 0. The number of aliphatic hydroxyl groups is 1. The number of rotatable bonds is 12. The van der Waals surface area contributed by atoms with Gasteiger partial charge < -0.3 is 24.2 Å². The van der Waals surface area contributed by atoms with Crippen LogP contribution in [0.5, 0.6) is 11.5 Å². The van der Waals surface area contributed by atoms with Crippen LogP contribution in [0, 0.1) is 0 Å². The minimum Gasteiger partial charge on any atom is -0.497 e. The molecule has 0 fully saturated rings. The Balaban J connectivity index is 2.47. The second-order valence-corrected chi connectivity index (χ2v) is 5.79. The topological polar surface area (TPSA) is 85.3 Å². The Labute approximate surface area is 154 Å². The van der Waals surface area contributed by atoms with Crippen LogP contribution < -0.4 is 9.47 Å². The van der Waals surface area contributed by atoms with E-state index in [1.165, 1.54) is 7.11 Å². The number of ether oxygens (including phenoxy) is 3. The molecular formula is C19H29NO6. The lowest BCUT2D eigenvalue weighted by Crippen LogP contribution is -2.43. The number of amides is 1. The van der Waals surface area contributed by atoms with E-state index in [2.05, 4.69) is 4.74 Å². The van der Waals surface area contributed by atoms with Crippen molar-refractivity contribution in [2.45, 2.75) is 38.6 Å². The summed E-state index contributed by atoms with van der Waals surface area (Å²) >= 11 is 0. The molecule has 26 heavy (non-hydrogen) atoms. The minimum atomic E-state index is -0.376. The normalized spacial score (nSPS) is 11.5. The molecule has 1 rings (SSSR count). The van der Waals surface area contributed by atoms with Crippen molar-refractivity contribution in [2.24, 2.45) is 0 Å². The molecule has 7 nitrogen and oxygen atoms in total. The number of esters is 1. The molecule has 0 spiro atoms. The van der Waals surface area contributed by atoms with Gasteiger partial charge >= 0.3 is 5.97 Å². The van der Waals surface area contributed by atoms with Crippen LogP contribution in [0.4, 0.5) is 0 Å². The number of carbonyl (C=O) groups excluding carboxylic acids is 2. The van der Waals surface area contributed by atoms with Gasteiger partial charge in [0.25, 0.3) is 0 Å². The maximum atomic E-state index is 12.5. The average Bonchev–Trinajstić information content (AvgIpc) is 2.68. The molecule has 1 aromatic carbocycles. The summed E-state index contributed by atoms with van der Waals surface area (Å²) in [5, 5.41) is 9.49. The predicted octanol–water partition coefficient (Wildman–Crippen LogP) is 2.02. The summed E-state index contributed by atoms with van der Waals surface area (Å²) < 4.78 is 15.3. The van der Waals surface area contributed by atoms with Crippen LogP contribution in [0.1, 0.15) is 32.6 Å². The Hall–Kier alpha value is -2.28. The third-order valence-corrected chi connectivity index (χ3v) is 4.09. The van der Waals surface area contributed by atoms with E-state index in [1.54, 1.807) is 12.0 Å². The Morgan fingerprint density at radius 3 is 2.31 bits per heavy atom. The SMILES string of the molecule is CCC(CO)N(CCC(=O)OC)C(=O)CCCOc1ccc(OC)cc1. The molecule has 0 aliphatic heterocycles. The molecule has 1 N–H and O–H groups in total. The van der Waals surface area contributed by atoms with Crippen LogP contribution in [0.3, 0.4) is 0 Å². The number of benzene rings is 1. The summed E-state index contributed by atoms with van der Waals surface area (Å²) in [6, 6.07) is 6.93. The van der Waals surface area contributed by atoms with Crippen molar-refractivity contribution >= 4 is 11.9 Å². The lowest BCUT2D eigenvalue weighted by Gasteiger charge is -2.29. The second-order valence-electron chi connectivity index (χ2n) is 5.79. The highest BCUT2D eigenvalue weighted by atomic mass is 16.5. The van der Waals surface area contributed by atoms with E-state index in [1.807, 2.05) is 31.2 Å². The fourth-order valence-electron chi connectivity index (χ4n) is 2.50. The summed E-state index contributed by atoms with van der Waals surface area (Å²) in [7, 11) is 2.91. The molecule has 0 aromatic heterocycles. The Morgan fingerprint density at radius 1 is 1.12 bits per heavy atom. The molecule has 7 heteroatoms. The molecular weight excluding hydrogens is 338 g/mol. The van der Waals surface area contributed by atoms with Gasteiger partial charge in [-0.15, -0.1) is 0 Å². The van der Waals surface area contributed by atoms with Crippen molar-refractivity contribution in [2.75, 3.05) is 34.0 Å². The fourth-order valence-corrected chi connectivity index (χ4v) is 2.50. The van der Waals surface area contributed by atoms with Crippen molar-refractivity contribution in [3.05, 3.63) is 24.3 Å². The number of nitrogens with zero attached hydrogens (tertiary/aromatic N) is 1. The molecule has 0 saturated heterocycles. The van der Waals surface area contributed by atoms with Crippen LogP contribution in [0.25, 0.3) is 0 Å². The molecule has 0 radical (unpaired) electrons. The summed E-state index contributed by atoms with van der Waals surface area (Å²) in [5.74, 6) is 0.984. The summed E-state index contributed by atoms with van der Waals surface area (Å²) in [6.07, 6.45) is 1.56. The fraction of sp³-hybridized carbons (Fsp3) is 0.579. The van der Waals surface area contributed by atoms with Gasteiger partial charge in [-0.05, 0) is 37.1 Å². The van der Waals surface area contributed by atoms with Gasteiger partial charge in [0.2, 0.25) is 5.91 Å². The Kier molecular flexibility index (Phi) is 10.2. The van der Waals surface area contributed by atoms with Gasteiger partial charge in [0.05, 0.1) is 39.9 Å². The summed E-state index contributed by atoms with van der Waals surface area (Å²) in [6.45, 7) is 2.40. The molecule has 1 aromatic rings. The van der Waals surface area contributed by atoms with Crippen molar-refractivity contribution in [3.8, 4) is 11.5 Å². The van der Waals surface area contributed by atoms with Crippen molar-refractivity contribution in [1.29, 1.82) is 0 Å². The smallest absolute Gasteiger partial charge is 0.307 e. The molecule has 0 aliphatic rings. The van der Waals surface area contributed by atoms with Gasteiger partial charge in [-0.3, -0.25) is 9.59 Å². The largest absolute Gasteiger partial charge is 0.497 e. The first kappa shape index (κ1) is 21.8. The maximum Gasteiger partial charge on any atom is 0.307 e. The van der Waals surface area contributed by atoms with E-state index in [-0.39, 0.29) is 43.9 Å². The quantitative estimate of drug-likeness (QED) is 0.449. The van der Waals surface area contributed by atoms with E-state index < -0.39 is 0 Å². The third-order valence-electron chi connectivity index (χ3n) is 4.09. The predicted molar refractivity (Wildman–Crippen MR) is 97.2 cm³/mol. The zero-order chi connectivity index (χ0) is 19.4. The number of aliphatic hydroxyl groups excluding tert-OH is 1. The first-order chi connectivity index (χ1) is 12.5. The standard InChI is InChI=1S/C19H29NO6/c1-4-15(14-21)20(12-11-19(23)25-3)18(22)6-5-13-26-17-9-7-16(24-2)8-10-17/h7-10,15,21H,4-6,11-14H2,1-3H3. The Morgan fingerprint density at radius 2 is 1.77 bits per heavy atom. The minimum absolute atomic E-state index is 0.104. The molecule has 1 atom stereocenters. The number of carbonyl (C=O) groups is 2. The lowest BCUT2D eigenvalue weighted by molar-refractivity contribution is -0.142. The van der Waals surface area contributed by atoms with Crippen molar-refractivity contribution < 1.29 is 28.9 Å². The first-order valence-electron chi connectivity index (χ1n) is 8.79. The molecule has 0 bridgehead atoms. The average molecular weight is 367 g/mol. The highest BCUT2D eigenvalue weighted by Gasteiger charge is 2.22.